The van der Waals surface area contributed by atoms with Crippen molar-refractivity contribution in [3.63, 3.8) is 0 Å². The molecule has 1 fully saturated rings. The highest BCUT2D eigenvalue weighted by Gasteiger charge is 2.17. The van der Waals surface area contributed by atoms with Crippen molar-refractivity contribution in [2.45, 2.75) is 6.92 Å². The summed E-state index contributed by atoms with van der Waals surface area (Å²) in [6.45, 7) is 5.22. The molecule has 0 unspecified atom stereocenters. The van der Waals surface area contributed by atoms with Crippen molar-refractivity contribution in [2.75, 3.05) is 26.2 Å². The first-order valence-electron chi connectivity index (χ1n) is 5.44. The lowest BCUT2D eigenvalue weighted by molar-refractivity contribution is 0.0735. The molecule has 16 heavy (non-hydrogen) atoms. The second-order valence-corrected chi connectivity index (χ2v) is 4.41. The van der Waals surface area contributed by atoms with Gasteiger partial charge in [0.05, 0.1) is 0 Å². The maximum atomic E-state index is 12.1. The number of aryl methyl sites for hydroxylation is 1. The largest absolute Gasteiger partial charge is 0.336 e. The monoisotopic (exact) mass is 238 g/mol. The highest BCUT2D eigenvalue weighted by molar-refractivity contribution is 6.31. The quantitative estimate of drug-likeness (QED) is 0.808. The molecular formula is C12H15ClN2O. The number of nitrogens with zero attached hydrogens (tertiary/aromatic N) is 1. The summed E-state index contributed by atoms with van der Waals surface area (Å²) >= 11 is 5.94. The van der Waals surface area contributed by atoms with E-state index in [9.17, 15) is 4.79 Å². The molecule has 1 aliphatic heterocycles. The van der Waals surface area contributed by atoms with Crippen LogP contribution in [0.3, 0.4) is 0 Å². The third kappa shape index (κ3) is 2.36. The topological polar surface area (TPSA) is 32.3 Å². The number of nitrogens with one attached hydrogen (secondary N) is 1. The van der Waals surface area contributed by atoms with Gasteiger partial charge in [0.1, 0.15) is 0 Å². The van der Waals surface area contributed by atoms with Crippen LogP contribution in [0.15, 0.2) is 18.2 Å². The Morgan fingerprint density at radius 1 is 1.38 bits per heavy atom. The second-order valence-electron chi connectivity index (χ2n) is 4.01. The lowest BCUT2D eigenvalue weighted by Gasteiger charge is -2.27. The van der Waals surface area contributed by atoms with Gasteiger partial charge in [-0.3, -0.25) is 4.79 Å². The van der Waals surface area contributed by atoms with Gasteiger partial charge in [0, 0.05) is 36.8 Å². The van der Waals surface area contributed by atoms with E-state index in [2.05, 4.69) is 5.32 Å². The Hall–Kier alpha value is -1.06. The summed E-state index contributed by atoms with van der Waals surface area (Å²) < 4.78 is 0. The van der Waals surface area contributed by atoms with Gasteiger partial charge in [-0.25, -0.2) is 0 Å². The average Bonchev–Trinajstić information content (AvgIpc) is 2.33. The molecule has 0 spiro atoms. The number of amides is 1. The van der Waals surface area contributed by atoms with E-state index < -0.39 is 0 Å². The Balaban J connectivity index is 2.16. The number of rotatable bonds is 1. The number of hydrogen-bond acceptors (Lipinski definition) is 2. The molecule has 86 valence electrons. The molecule has 1 amide bonds. The second kappa shape index (κ2) is 4.85. The normalized spacial score (nSPS) is 16.2. The first kappa shape index (κ1) is 11.4. The minimum Gasteiger partial charge on any atom is -0.336 e. The van der Waals surface area contributed by atoms with Crippen molar-refractivity contribution in [2.24, 2.45) is 0 Å². The van der Waals surface area contributed by atoms with Crippen molar-refractivity contribution in [3.05, 3.63) is 34.3 Å². The molecule has 3 nitrogen and oxygen atoms in total. The predicted molar refractivity (Wildman–Crippen MR) is 65.0 cm³/mol. The van der Waals surface area contributed by atoms with E-state index in [1.807, 2.05) is 17.9 Å². The van der Waals surface area contributed by atoms with Crippen LogP contribution in [0.4, 0.5) is 0 Å². The lowest BCUT2D eigenvalue weighted by Crippen LogP contribution is -2.46. The van der Waals surface area contributed by atoms with Crippen molar-refractivity contribution in [1.29, 1.82) is 0 Å². The molecule has 2 rings (SSSR count). The Morgan fingerprint density at radius 3 is 2.69 bits per heavy atom. The van der Waals surface area contributed by atoms with E-state index in [1.54, 1.807) is 12.1 Å². The fraction of sp³-hybridized carbons (Fsp3) is 0.417. The Labute approximate surface area is 100 Å². The van der Waals surface area contributed by atoms with Crippen molar-refractivity contribution in [3.8, 4) is 0 Å². The summed E-state index contributed by atoms with van der Waals surface area (Å²) in [4.78, 5) is 14.0. The lowest BCUT2D eigenvalue weighted by atomic mass is 10.1. The summed E-state index contributed by atoms with van der Waals surface area (Å²) in [6, 6.07) is 5.43. The standard InChI is InChI=1S/C12H15ClN2O/c1-9-8-10(2-3-11(9)13)12(16)15-6-4-14-5-7-15/h2-3,8,14H,4-7H2,1H3. The van der Waals surface area contributed by atoms with E-state index in [4.69, 9.17) is 11.6 Å². The van der Waals surface area contributed by atoms with Crippen LogP contribution < -0.4 is 5.32 Å². The SMILES string of the molecule is Cc1cc(C(=O)N2CCNCC2)ccc1Cl. The van der Waals surface area contributed by atoms with Gasteiger partial charge in [-0.2, -0.15) is 0 Å². The van der Waals surface area contributed by atoms with Crippen LogP contribution in [0, 0.1) is 6.92 Å². The molecule has 4 heteroatoms. The smallest absolute Gasteiger partial charge is 0.253 e. The van der Waals surface area contributed by atoms with Gasteiger partial charge in [0.15, 0.2) is 0 Å². The number of piperazine rings is 1. The third-order valence-corrected chi connectivity index (χ3v) is 3.23. The zero-order chi connectivity index (χ0) is 11.5. The number of hydrogen-bond donors (Lipinski definition) is 1. The number of carbonyl (C=O) groups is 1. The van der Waals surface area contributed by atoms with Gasteiger partial charge < -0.3 is 10.2 Å². The highest BCUT2D eigenvalue weighted by Crippen LogP contribution is 2.17. The fourth-order valence-electron chi connectivity index (χ4n) is 1.83. The third-order valence-electron chi connectivity index (χ3n) is 2.81. The molecule has 0 atom stereocenters. The van der Waals surface area contributed by atoms with Crippen molar-refractivity contribution in [1.82, 2.24) is 10.2 Å². The number of benzene rings is 1. The van der Waals surface area contributed by atoms with E-state index >= 15 is 0 Å². The van der Waals surface area contributed by atoms with E-state index in [0.717, 1.165) is 37.3 Å². The molecule has 1 heterocycles. The Kier molecular flexibility index (Phi) is 3.46. The van der Waals surface area contributed by atoms with Crippen molar-refractivity contribution >= 4 is 17.5 Å². The zero-order valence-electron chi connectivity index (χ0n) is 9.29. The number of carbonyl (C=O) groups excluding carboxylic acids is 1. The molecule has 0 saturated carbocycles. The first-order chi connectivity index (χ1) is 7.68. The van der Waals surface area contributed by atoms with E-state index in [-0.39, 0.29) is 5.91 Å². The van der Waals surface area contributed by atoms with Crippen LogP contribution in [0.25, 0.3) is 0 Å². The van der Waals surface area contributed by atoms with Gasteiger partial charge in [-0.05, 0) is 30.7 Å². The summed E-state index contributed by atoms with van der Waals surface area (Å²) in [5.41, 5.74) is 1.67. The Bertz CT molecular complexity index is 400. The summed E-state index contributed by atoms with van der Waals surface area (Å²) in [6.07, 6.45) is 0. The van der Waals surface area contributed by atoms with E-state index in [0.29, 0.717) is 5.02 Å². The van der Waals surface area contributed by atoms with Gasteiger partial charge in [-0.1, -0.05) is 11.6 Å². The van der Waals surface area contributed by atoms with E-state index in [1.165, 1.54) is 0 Å². The molecule has 1 aromatic carbocycles. The molecule has 1 aliphatic rings. The molecular weight excluding hydrogens is 224 g/mol. The average molecular weight is 239 g/mol. The van der Waals surface area contributed by atoms with Crippen molar-refractivity contribution < 1.29 is 4.79 Å². The summed E-state index contributed by atoms with van der Waals surface area (Å²) in [5.74, 6) is 0.0984. The zero-order valence-corrected chi connectivity index (χ0v) is 10.0. The maximum absolute atomic E-state index is 12.1. The molecule has 0 aromatic heterocycles. The van der Waals surface area contributed by atoms with Crippen LogP contribution in [0.5, 0.6) is 0 Å². The Morgan fingerprint density at radius 2 is 2.06 bits per heavy atom. The highest BCUT2D eigenvalue weighted by atomic mass is 35.5. The number of halogens is 1. The minimum absolute atomic E-state index is 0.0984. The van der Waals surface area contributed by atoms with Crippen LogP contribution in [0.2, 0.25) is 5.02 Å². The minimum atomic E-state index is 0.0984. The predicted octanol–water partition coefficient (Wildman–Crippen LogP) is 1.69. The van der Waals surface area contributed by atoms with Gasteiger partial charge in [0.2, 0.25) is 0 Å². The van der Waals surface area contributed by atoms with Crippen LogP contribution in [-0.2, 0) is 0 Å². The van der Waals surface area contributed by atoms with Crippen LogP contribution >= 0.6 is 11.6 Å². The van der Waals surface area contributed by atoms with Gasteiger partial charge in [-0.15, -0.1) is 0 Å². The molecule has 0 radical (unpaired) electrons. The molecule has 1 aromatic rings. The maximum Gasteiger partial charge on any atom is 0.253 e. The molecule has 0 bridgehead atoms. The first-order valence-corrected chi connectivity index (χ1v) is 5.82. The summed E-state index contributed by atoms with van der Waals surface area (Å²) in [5, 5.41) is 3.93. The van der Waals surface area contributed by atoms with Gasteiger partial charge >= 0.3 is 0 Å². The van der Waals surface area contributed by atoms with Gasteiger partial charge in [0.25, 0.3) is 5.91 Å². The molecule has 1 N–H and O–H groups in total. The van der Waals surface area contributed by atoms with Crippen LogP contribution in [-0.4, -0.2) is 37.0 Å². The van der Waals surface area contributed by atoms with Crippen LogP contribution in [0.1, 0.15) is 15.9 Å². The fourth-order valence-corrected chi connectivity index (χ4v) is 1.95. The molecule has 0 aliphatic carbocycles. The summed E-state index contributed by atoms with van der Waals surface area (Å²) in [7, 11) is 0. The molecule has 1 saturated heterocycles.